The first-order chi connectivity index (χ1) is 19.0. The molecule has 3 heterocycles. The topological polar surface area (TPSA) is 147 Å². The maximum Gasteiger partial charge on any atom is 0.407 e. The quantitative estimate of drug-likeness (QED) is 0.160. The Morgan fingerprint density at radius 1 is 1.25 bits per heavy atom. The molecule has 1 fully saturated rings. The molecule has 0 radical (unpaired) electrons. The molecule has 4 N–H and O–H groups in total. The molecule has 0 spiro atoms. The van der Waals surface area contributed by atoms with E-state index in [1.807, 2.05) is 46.9 Å². The Balaban J connectivity index is 1.46. The Bertz CT molecular complexity index is 1390. The number of amidine groups is 1. The Morgan fingerprint density at radius 3 is 2.70 bits per heavy atom. The van der Waals surface area contributed by atoms with E-state index in [0.717, 1.165) is 37.0 Å². The second-order valence-corrected chi connectivity index (χ2v) is 11.0. The number of amides is 1. The number of carbonyl (C=O) groups excluding carboxylic acids is 1. The zero-order valence-corrected chi connectivity index (χ0v) is 23.6. The van der Waals surface area contributed by atoms with Gasteiger partial charge >= 0.3 is 6.09 Å². The second-order valence-electron chi connectivity index (χ2n) is 11.0. The van der Waals surface area contributed by atoms with Crippen LogP contribution >= 0.6 is 0 Å². The number of anilines is 2. The number of fused-ring (bicyclic) bond motifs is 1. The van der Waals surface area contributed by atoms with E-state index >= 15 is 0 Å². The maximum atomic E-state index is 14.5. The third kappa shape index (κ3) is 7.72. The van der Waals surface area contributed by atoms with Gasteiger partial charge in [-0.3, -0.25) is 4.90 Å². The maximum absolute atomic E-state index is 14.5. The van der Waals surface area contributed by atoms with E-state index in [0.29, 0.717) is 18.1 Å². The van der Waals surface area contributed by atoms with Gasteiger partial charge in [0.05, 0.1) is 11.6 Å². The molecule has 1 aliphatic rings. The first-order valence-corrected chi connectivity index (χ1v) is 13.3. The van der Waals surface area contributed by atoms with Crippen LogP contribution in [0.4, 0.5) is 20.7 Å². The zero-order valence-electron chi connectivity index (χ0n) is 23.6. The fraction of sp³-hybridized carbons (Fsp3) is 0.481. The summed E-state index contributed by atoms with van der Waals surface area (Å²) in [7, 11) is 0. The lowest BCUT2D eigenvalue weighted by molar-refractivity contribution is 0.0477. The van der Waals surface area contributed by atoms with Gasteiger partial charge in [0.15, 0.2) is 11.7 Å². The number of benzene rings is 1. The first kappa shape index (κ1) is 28.9. The number of alkyl carbamates (subject to hydrolysis) is 1. The summed E-state index contributed by atoms with van der Waals surface area (Å²) < 4.78 is 21.7. The standard InChI is InChI=1S/C27H37FN10O2/c1-17(2)34-36-35-24(29)21-14-20(6-7-22(21)28)32-25-23-18(8-13-38(23)31-16-30-25)15-37-11-9-19(10-12-37)33-26(39)40-27(3,4)5/h6-8,13-14,16-17,19H,9-12,15H2,1-5H3,(H,33,39)(H2,29,34,35)(H,30,31,32). The number of hydrogen-bond acceptors (Lipinski definition) is 8. The minimum Gasteiger partial charge on any atom is -0.444 e. The number of aromatic nitrogens is 3. The molecule has 0 saturated carbocycles. The lowest BCUT2D eigenvalue weighted by atomic mass is 10.0. The third-order valence-corrected chi connectivity index (χ3v) is 6.18. The molecule has 2 aromatic heterocycles. The van der Waals surface area contributed by atoms with E-state index in [9.17, 15) is 9.18 Å². The highest BCUT2D eigenvalue weighted by molar-refractivity contribution is 5.98. The Labute approximate surface area is 232 Å². The van der Waals surface area contributed by atoms with Crippen LogP contribution in [0.5, 0.6) is 0 Å². The van der Waals surface area contributed by atoms with E-state index < -0.39 is 11.4 Å². The summed E-state index contributed by atoms with van der Waals surface area (Å²) in [5.74, 6) is -0.0253. The van der Waals surface area contributed by atoms with Crippen LogP contribution in [0.15, 0.2) is 52.2 Å². The zero-order chi connectivity index (χ0) is 28.9. The second kappa shape index (κ2) is 12.4. The van der Waals surface area contributed by atoms with Crippen molar-refractivity contribution >= 4 is 29.0 Å². The lowest BCUT2D eigenvalue weighted by Crippen LogP contribution is -2.45. The Morgan fingerprint density at radius 2 is 2.00 bits per heavy atom. The highest BCUT2D eigenvalue weighted by Gasteiger charge is 2.24. The summed E-state index contributed by atoms with van der Waals surface area (Å²) in [6.07, 6.45) is 4.61. The molecule has 1 aromatic carbocycles. The van der Waals surface area contributed by atoms with E-state index in [2.05, 4.69) is 41.1 Å². The van der Waals surface area contributed by atoms with Crippen LogP contribution in [-0.4, -0.2) is 62.2 Å². The number of piperidine rings is 1. The van der Waals surface area contributed by atoms with Crippen molar-refractivity contribution in [3.8, 4) is 0 Å². The van der Waals surface area contributed by atoms with E-state index in [1.165, 1.54) is 12.4 Å². The molecule has 1 aliphatic heterocycles. The normalized spacial score (nSPS) is 15.7. The largest absolute Gasteiger partial charge is 0.444 e. The van der Waals surface area contributed by atoms with Gasteiger partial charge in [-0.05, 0) is 82.5 Å². The van der Waals surface area contributed by atoms with Gasteiger partial charge in [0, 0.05) is 37.6 Å². The van der Waals surface area contributed by atoms with Crippen LogP contribution < -0.4 is 16.4 Å². The summed E-state index contributed by atoms with van der Waals surface area (Å²) in [6.45, 7) is 11.6. The van der Waals surface area contributed by atoms with Crippen molar-refractivity contribution < 1.29 is 13.9 Å². The van der Waals surface area contributed by atoms with Crippen molar-refractivity contribution in [3.63, 3.8) is 0 Å². The summed E-state index contributed by atoms with van der Waals surface area (Å²) in [6, 6.07) is 6.51. The van der Waals surface area contributed by atoms with Gasteiger partial charge in [-0.1, -0.05) is 0 Å². The molecular weight excluding hydrogens is 515 g/mol. The van der Waals surface area contributed by atoms with Crippen LogP contribution in [0.25, 0.3) is 5.52 Å². The fourth-order valence-electron chi connectivity index (χ4n) is 4.36. The van der Waals surface area contributed by atoms with Crippen molar-refractivity contribution in [2.24, 2.45) is 21.2 Å². The highest BCUT2D eigenvalue weighted by Crippen LogP contribution is 2.26. The number of carbonyl (C=O) groups is 1. The Hall–Kier alpha value is -4.13. The van der Waals surface area contributed by atoms with E-state index in [-0.39, 0.29) is 29.6 Å². The highest BCUT2D eigenvalue weighted by atomic mass is 19.1. The van der Waals surface area contributed by atoms with Crippen LogP contribution in [0, 0.1) is 5.82 Å². The predicted octanol–water partition coefficient (Wildman–Crippen LogP) is 4.58. The summed E-state index contributed by atoms with van der Waals surface area (Å²) in [5.41, 5.74) is 7.99. The van der Waals surface area contributed by atoms with Gasteiger partial charge in [0.1, 0.15) is 23.3 Å². The molecule has 0 atom stereocenters. The smallest absolute Gasteiger partial charge is 0.407 e. The minimum absolute atomic E-state index is 0.0499. The molecule has 1 saturated heterocycles. The fourth-order valence-corrected chi connectivity index (χ4v) is 4.36. The summed E-state index contributed by atoms with van der Waals surface area (Å²) >= 11 is 0. The Kier molecular flexibility index (Phi) is 8.93. The van der Waals surface area contributed by atoms with Crippen molar-refractivity contribution in [3.05, 3.63) is 53.7 Å². The molecule has 13 heteroatoms. The summed E-state index contributed by atoms with van der Waals surface area (Å²) in [5, 5.41) is 22.0. The van der Waals surface area contributed by atoms with Gasteiger partial charge in [-0.25, -0.2) is 18.7 Å². The summed E-state index contributed by atoms with van der Waals surface area (Å²) in [4.78, 5) is 18.9. The SMILES string of the molecule is CC(C)N=NN=C(N)c1cc(Nc2ncnn3ccc(CN4CCC(NC(=O)OC(C)(C)C)CC4)c23)ccc1F. The number of rotatable bonds is 8. The van der Waals surface area contributed by atoms with Crippen LogP contribution in [0.1, 0.15) is 58.6 Å². The molecule has 1 amide bonds. The van der Waals surface area contributed by atoms with Gasteiger partial charge in [-0.2, -0.15) is 10.2 Å². The van der Waals surface area contributed by atoms with Crippen molar-refractivity contribution in [1.82, 2.24) is 24.8 Å². The minimum atomic E-state index is -0.524. The average molecular weight is 553 g/mol. The lowest BCUT2D eigenvalue weighted by Gasteiger charge is -2.32. The molecular formula is C27H37FN10O2. The number of ether oxygens (including phenoxy) is 1. The average Bonchev–Trinajstić information content (AvgIpc) is 3.28. The van der Waals surface area contributed by atoms with Crippen LogP contribution in [0.3, 0.4) is 0 Å². The van der Waals surface area contributed by atoms with E-state index in [4.69, 9.17) is 10.5 Å². The molecule has 12 nitrogen and oxygen atoms in total. The third-order valence-electron chi connectivity index (χ3n) is 6.18. The number of hydrogen-bond donors (Lipinski definition) is 3. The predicted molar refractivity (Wildman–Crippen MR) is 151 cm³/mol. The number of likely N-dealkylation sites (tertiary alicyclic amines) is 1. The molecule has 4 rings (SSSR count). The molecule has 214 valence electrons. The molecule has 0 unspecified atom stereocenters. The van der Waals surface area contributed by atoms with Gasteiger partial charge < -0.3 is 21.1 Å². The number of nitrogens with one attached hydrogen (secondary N) is 2. The van der Waals surface area contributed by atoms with Crippen LogP contribution in [0.2, 0.25) is 0 Å². The van der Waals surface area contributed by atoms with Crippen molar-refractivity contribution in [2.75, 3.05) is 18.4 Å². The monoisotopic (exact) mass is 552 g/mol. The van der Waals surface area contributed by atoms with Gasteiger partial charge in [0.25, 0.3) is 0 Å². The van der Waals surface area contributed by atoms with Gasteiger partial charge in [0.2, 0.25) is 0 Å². The number of halogens is 1. The molecule has 40 heavy (non-hydrogen) atoms. The van der Waals surface area contributed by atoms with E-state index in [1.54, 1.807) is 16.6 Å². The van der Waals surface area contributed by atoms with Crippen LogP contribution in [-0.2, 0) is 11.3 Å². The van der Waals surface area contributed by atoms with Crippen molar-refractivity contribution in [2.45, 2.75) is 71.7 Å². The van der Waals surface area contributed by atoms with Crippen molar-refractivity contribution in [1.29, 1.82) is 0 Å². The molecule has 0 aliphatic carbocycles. The number of nitrogens with zero attached hydrogens (tertiary/aromatic N) is 7. The molecule has 3 aromatic rings. The molecule has 0 bridgehead atoms. The first-order valence-electron chi connectivity index (χ1n) is 13.3. The number of nitrogens with two attached hydrogens (primary N) is 1. The van der Waals surface area contributed by atoms with Gasteiger partial charge in [-0.15, -0.1) is 5.10 Å².